The number of hydrogen-bond donors (Lipinski definition) is 1. The highest BCUT2D eigenvalue weighted by molar-refractivity contribution is 9.10. The molecule has 1 aromatic rings. The number of halogens is 1. The fourth-order valence-corrected chi connectivity index (χ4v) is 2.57. The molecule has 1 N–H and O–H groups in total. The first-order chi connectivity index (χ1) is 8.31. The normalized spacial score (nSPS) is 22.4. The van der Waals surface area contributed by atoms with Gasteiger partial charge in [-0.15, -0.1) is 0 Å². The van der Waals surface area contributed by atoms with Gasteiger partial charge in [0.1, 0.15) is 0 Å². The SMILES string of the molecule is CCNC(c1ccc(Br)cn1)C1CCCOC1. The predicted octanol–water partition coefficient (Wildman–Crippen LogP) is 2.92. The van der Waals surface area contributed by atoms with Gasteiger partial charge in [-0.25, -0.2) is 0 Å². The summed E-state index contributed by atoms with van der Waals surface area (Å²) >= 11 is 3.42. The molecule has 1 aromatic heterocycles. The minimum atomic E-state index is 0.313. The van der Waals surface area contributed by atoms with Crippen LogP contribution >= 0.6 is 15.9 Å². The van der Waals surface area contributed by atoms with E-state index in [1.54, 1.807) is 0 Å². The Bertz CT molecular complexity index is 336. The molecule has 4 heteroatoms. The first-order valence-corrected chi connectivity index (χ1v) is 7.03. The average molecular weight is 299 g/mol. The fourth-order valence-electron chi connectivity index (χ4n) is 2.33. The van der Waals surface area contributed by atoms with Crippen LogP contribution in [0, 0.1) is 5.92 Å². The van der Waals surface area contributed by atoms with Crippen molar-refractivity contribution in [3.8, 4) is 0 Å². The summed E-state index contributed by atoms with van der Waals surface area (Å²) in [5, 5.41) is 3.53. The van der Waals surface area contributed by atoms with Gasteiger partial charge in [-0.1, -0.05) is 6.92 Å². The van der Waals surface area contributed by atoms with Gasteiger partial charge < -0.3 is 10.1 Å². The summed E-state index contributed by atoms with van der Waals surface area (Å²) in [7, 11) is 0. The topological polar surface area (TPSA) is 34.2 Å². The summed E-state index contributed by atoms with van der Waals surface area (Å²) in [6, 6.07) is 4.45. The van der Waals surface area contributed by atoms with E-state index >= 15 is 0 Å². The third kappa shape index (κ3) is 3.50. The van der Waals surface area contributed by atoms with E-state index in [-0.39, 0.29) is 0 Å². The second-order valence-electron chi connectivity index (χ2n) is 4.41. The Labute approximate surface area is 111 Å². The van der Waals surface area contributed by atoms with Crippen LogP contribution in [0.15, 0.2) is 22.8 Å². The lowest BCUT2D eigenvalue weighted by molar-refractivity contribution is 0.0386. The minimum absolute atomic E-state index is 0.313. The van der Waals surface area contributed by atoms with Gasteiger partial charge in [0.25, 0.3) is 0 Å². The Hall–Kier alpha value is -0.450. The Kier molecular flexibility index (Phi) is 4.95. The molecular formula is C13H19BrN2O. The largest absolute Gasteiger partial charge is 0.381 e. The van der Waals surface area contributed by atoms with Gasteiger partial charge in [-0.3, -0.25) is 4.98 Å². The predicted molar refractivity (Wildman–Crippen MR) is 71.9 cm³/mol. The zero-order valence-corrected chi connectivity index (χ0v) is 11.7. The highest BCUT2D eigenvalue weighted by Crippen LogP contribution is 2.28. The standard InChI is InChI=1S/C13H19BrN2O/c1-2-15-13(10-4-3-7-17-9-10)12-6-5-11(14)8-16-12/h5-6,8,10,13,15H,2-4,7,9H2,1H3. The smallest absolute Gasteiger partial charge is 0.0577 e. The Balaban J connectivity index is 2.12. The van der Waals surface area contributed by atoms with Gasteiger partial charge in [0, 0.05) is 23.2 Å². The molecule has 0 saturated carbocycles. The van der Waals surface area contributed by atoms with Crippen LogP contribution in [-0.2, 0) is 4.74 Å². The lowest BCUT2D eigenvalue weighted by atomic mass is 9.91. The molecule has 1 aliphatic rings. The molecule has 1 fully saturated rings. The van der Waals surface area contributed by atoms with Gasteiger partial charge in [-0.2, -0.15) is 0 Å². The Morgan fingerprint density at radius 1 is 1.59 bits per heavy atom. The van der Waals surface area contributed by atoms with E-state index in [0.717, 1.165) is 36.3 Å². The number of ether oxygens (including phenoxy) is 1. The first-order valence-electron chi connectivity index (χ1n) is 6.24. The molecule has 0 radical (unpaired) electrons. The van der Waals surface area contributed by atoms with Gasteiger partial charge in [-0.05, 0) is 47.4 Å². The molecule has 3 nitrogen and oxygen atoms in total. The van der Waals surface area contributed by atoms with Crippen molar-refractivity contribution in [2.45, 2.75) is 25.8 Å². The quantitative estimate of drug-likeness (QED) is 0.928. The van der Waals surface area contributed by atoms with E-state index in [1.807, 2.05) is 6.20 Å². The monoisotopic (exact) mass is 298 g/mol. The second-order valence-corrected chi connectivity index (χ2v) is 5.33. The van der Waals surface area contributed by atoms with Gasteiger partial charge in [0.05, 0.1) is 18.3 Å². The van der Waals surface area contributed by atoms with Crippen molar-refractivity contribution >= 4 is 15.9 Å². The third-order valence-corrected chi connectivity index (χ3v) is 3.63. The molecular weight excluding hydrogens is 280 g/mol. The zero-order valence-electron chi connectivity index (χ0n) is 10.2. The molecule has 0 aromatic carbocycles. The molecule has 1 saturated heterocycles. The molecule has 17 heavy (non-hydrogen) atoms. The number of nitrogens with one attached hydrogen (secondary N) is 1. The minimum Gasteiger partial charge on any atom is -0.381 e. The van der Waals surface area contributed by atoms with Gasteiger partial charge in [0.2, 0.25) is 0 Å². The molecule has 2 heterocycles. The van der Waals surface area contributed by atoms with Crippen molar-refractivity contribution in [2.24, 2.45) is 5.92 Å². The highest BCUT2D eigenvalue weighted by Gasteiger charge is 2.25. The highest BCUT2D eigenvalue weighted by atomic mass is 79.9. The third-order valence-electron chi connectivity index (χ3n) is 3.16. The maximum absolute atomic E-state index is 5.58. The van der Waals surface area contributed by atoms with Crippen LogP contribution in [0.25, 0.3) is 0 Å². The lowest BCUT2D eigenvalue weighted by Gasteiger charge is -2.30. The van der Waals surface area contributed by atoms with Crippen LogP contribution in [0.2, 0.25) is 0 Å². The molecule has 0 spiro atoms. The number of aromatic nitrogens is 1. The maximum atomic E-state index is 5.58. The van der Waals surface area contributed by atoms with E-state index in [9.17, 15) is 0 Å². The van der Waals surface area contributed by atoms with Crippen molar-refractivity contribution in [1.29, 1.82) is 0 Å². The zero-order chi connectivity index (χ0) is 12.1. The van der Waals surface area contributed by atoms with Crippen molar-refractivity contribution < 1.29 is 4.74 Å². The van der Waals surface area contributed by atoms with Crippen LogP contribution in [-0.4, -0.2) is 24.7 Å². The van der Waals surface area contributed by atoms with Crippen LogP contribution in [0.4, 0.5) is 0 Å². The van der Waals surface area contributed by atoms with E-state index in [1.165, 1.54) is 6.42 Å². The van der Waals surface area contributed by atoms with Gasteiger partial charge in [0.15, 0.2) is 0 Å². The van der Waals surface area contributed by atoms with E-state index in [0.29, 0.717) is 12.0 Å². The van der Waals surface area contributed by atoms with E-state index in [4.69, 9.17) is 4.74 Å². The van der Waals surface area contributed by atoms with Crippen LogP contribution in [0.3, 0.4) is 0 Å². The van der Waals surface area contributed by atoms with Crippen LogP contribution in [0.5, 0.6) is 0 Å². The van der Waals surface area contributed by atoms with Gasteiger partial charge >= 0.3 is 0 Å². The summed E-state index contributed by atoms with van der Waals surface area (Å²) in [6.07, 6.45) is 4.24. The number of hydrogen-bond acceptors (Lipinski definition) is 3. The average Bonchev–Trinajstić information content (AvgIpc) is 2.38. The van der Waals surface area contributed by atoms with Crippen LogP contribution in [0.1, 0.15) is 31.5 Å². The Morgan fingerprint density at radius 3 is 3.06 bits per heavy atom. The van der Waals surface area contributed by atoms with Crippen LogP contribution < -0.4 is 5.32 Å². The number of pyridine rings is 1. The summed E-state index contributed by atoms with van der Waals surface area (Å²) < 4.78 is 6.60. The number of nitrogens with zero attached hydrogens (tertiary/aromatic N) is 1. The molecule has 0 amide bonds. The summed E-state index contributed by atoms with van der Waals surface area (Å²) in [5.41, 5.74) is 1.12. The molecule has 1 aliphatic heterocycles. The molecule has 2 unspecified atom stereocenters. The van der Waals surface area contributed by atoms with Crippen molar-refractivity contribution in [3.05, 3.63) is 28.5 Å². The van der Waals surface area contributed by atoms with Crippen molar-refractivity contribution in [1.82, 2.24) is 10.3 Å². The van der Waals surface area contributed by atoms with Crippen molar-refractivity contribution in [2.75, 3.05) is 19.8 Å². The fraction of sp³-hybridized carbons (Fsp3) is 0.615. The number of rotatable bonds is 4. The molecule has 2 rings (SSSR count). The van der Waals surface area contributed by atoms with Crippen molar-refractivity contribution in [3.63, 3.8) is 0 Å². The summed E-state index contributed by atoms with van der Waals surface area (Å²) in [5.74, 6) is 0.539. The lowest BCUT2D eigenvalue weighted by Crippen LogP contribution is -2.33. The molecule has 0 bridgehead atoms. The maximum Gasteiger partial charge on any atom is 0.0577 e. The van der Waals surface area contributed by atoms with E-state index < -0.39 is 0 Å². The van der Waals surface area contributed by atoms with E-state index in [2.05, 4.69) is 45.3 Å². The summed E-state index contributed by atoms with van der Waals surface area (Å²) in [6.45, 7) is 4.84. The Morgan fingerprint density at radius 2 is 2.47 bits per heavy atom. The second kappa shape index (κ2) is 6.47. The molecule has 2 atom stereocenters. The summed E-state index contributed by atoms with van der Waals surface area (Å²) in [4.78, 5) is 4.51. The molecule has 0 aliphatic carbocycles. The first kappa shape index (κ1) is 13.0. The molecule has 94 valence electrons.